The minimum atomic E-state index is 0. The summed E-state index contributed by atoms with van der Waals surface area (Å²) in [5.74, 6) is 0. The van der Waals surface area contributed by atoms with Gasteiger partial charge in [0.2, 0.25) is 0 Å². The summed E-state index contributed by atoms with van der Waals surface area (Å²) in [5.41, 5.74) is 0. The van der Waals surface area contributed by atoms with Crippen LogP contribution in [0.25, 0.3) is 0 Å². The van der Waals surface area contributed by atoms with Crippen LogP contribution in [0.2, 0.25) is 0 Å². The molecule has 1 saturated heterocycles. The van der Waals surface area contributed by atoms with Crippen LogP contribution >= 0.6 is 0 Å². The van der Waals surface area contributed by atoms with Crippen molar-refractivity contribution in [3.63, 3.8) is 0 Å². The molecule has 0 radical (unpaired) electrons. The zero-order valence-electron chi connectivity index (χ0n) is 7.72. The molecule has 2 nitrogen and oxygen atoms in total. The Balaban J connectivity index is -0.000000124. The minimum absolute atomic E-state index is 0. The summed E-state index contributed by atoms with van der Waals surface area (Å²) in [5, 5.41) is 0. The van der Waals surface area contributed by atoms with Crippen LogP contribution in [0.5, 0.6) is 0 Å². The van der Waals surface area contributed by atoms with Crippen molar-refractivity contribution in [2.45, 2.75) is 12.8 Å². The normalized spacial score (nSPS) is 15.8. The van der Waals surface area contributed by atoms with Gasteiger partial charge in [-0.25, -0.2) is 0 Å². The molecule has 0 spiro atoms. The number of rotatable bonds is 0. The van der Waals surface area contributed by atoms with Crippen molar-refractivity contribution >= 4 is 16.0 Å². The summed E-state index contributed by atoms with van der Waals surface area (Å²) in [4.78, 5) is 4.86. The fourth-order valence-electron chi connectivity index (χ4n) is 0.559. The zero-order chi connectivity index (χ0) is 7.98. The molecule has 1 heterocycles. The summed E-state index contributed by atoms with van der Waals surface area (Å²) >= 11 is 0. The largest absolute Gasteiger partial charge is 1.00 e. The Bertz CT molecular complexity index is 77.2. The van der Waals surface area contributed by atoms with Crippen LogP contribution in [0.3, 0.4) is 0 Å². The van der Waals surface area contributed by atoms with Crippen LogP contribution in [0, 0.1) is 0 Å². The molecule has 62 valence electrons. The molecule has 0 atom stereocenters. The van der Waals surface area contributed by atoms with Gasteiger partial charge in [0.1, 0.15) is 0 Å². The van der Waals surface area contributed by atoms with Crippen LogP contribution in [-0.2, 0) is 0 Å². The van der Waals surface area contributed by atoms with Gasteiger partial charge in [0, 0.05) is 16.0 Å². The third-order valence-electron chi connectivity index (χ3n) is 0.882. The Morgan fingerprint density at radius 3 is 1.42 bits per heavy atom. The predicted octanol–water partition coefficient (Wildman–Crippen LogP) is -7.80. The standard InChI is InChI=1S/C4H11BN.C2H9BN.2Li/c5-6-3-1-2-4-6;1-4(2)3;;/h1-4H2,5H3;1-3H3;;/q2*-1;2*+1. The van der Waals surface area contributed by atoms with E-state index in [2.05, 4.69) is 23.7 Å². The molecule has 1 fully saturated rings. The molecule has 0 aromatic carbocycles. The second kappa shape index (κ2) is 12.2. The summed E-state index contributed by atoms with van der Waals surface area (Å²) < 4.78 is 0. The molecular formula is C6H20B2Li2N2. The molecule has 0 bridgehead atoms. The van der Waals surface area contributed by atoms with E-state index in [0.717, 1.165) is 0 Å². The fraction of sp³-hybridized carbons (Fsp3) is 1.00. The van der Waals surface area contributed by atoms with Crippen molar-refractivity contribution in [2.75, 3.05) is 27.2 Å². The molecule has 0 aliphatic carbocycles. The second-order valence-electron chi connectivity index (χ2n) is 1.83. The molecule has 1 aliphatic heterocycles. The molecule has 0 aromatic rings. The average Bonchev–Trinajstić information content (AvgIpc) is 2.15. The number of hydrogen-bond acceptors (Lipinski definition) is 2. The van der Waals surface area contributed by atoms with E-state index in [0.29, 0.717) is 16.0 Å². The van der Waals surface area contributed by atoms with E-state index < -0.39 is 0 Å². The molecule has 1 rings (SSSR count). The van der Waals surface area contributed by atoms with Crippen molar-refractivity contribution in [2.24, 2.45) is 0 Å². The maximum atomic E-state index is 2.61. The van der Waals surface area contributed by atoms with Gasteiger partial charge in [0.15, 0.2) is 0 Å². The maximum Gasteiger partial charge on any atom is 1.00 e. The summed E-state index contributed by atoms with van der Waals surface area (Å²) in [7, 11) is 5.33. The van der Waals surface area contributed by atoms with Crippen LogP contribution in [0.1, 0.15) is 12.8 Å². The van der Waals surface area contributed by atoms with Crippen molar-refractivity contribution in [3.05, 3.63) is 0 Å². The maximum absolute atomic E-state index is 2.61. The van der Waals surface area contributed by atoms with E-state index in [-0.39, 0.29) is 37.7 Å². The van der Waals surface area contributed by atoms with Crippen molar-refractivity contribution in [3.8, 4) is 0 Å². The van der Waals surface area contributed by atoms with Crippen LogP contribution < -0.4 is 37.7 Å². The third kappa shape index (κ3) is 17.4. The van der Waals surface area contributed by atoms with Crippen molar-refractivity contribution < 1.29 is 37.7 Å². The van der Waals surface area contributed by atoms with Crippen molar-refractivity contribution in [1.82, 2.24) is 9.62 Å². The van der Waals surface area contributed by atoms with Gasteiger partial charge in [-0.1, -0.05) is 14.1 Å². The SMILES string of the molecule is [BH3-]N(C)C.[BH3-]N1CCCC1.[Li+].[Li+]. The van der Waals surface area contributed by atoms with E-state index >= 15 is 0 Å². The van der Waals surface area contributed by atoms with E-state index in [4.69, 9.17) is 0 Å². The molecule has 0 aromatic heterocycles. The van der Waals surface area contributed by atoms with Gasteiger partial charge < -0.3 is 9.62 Å². The summed E-state index contributed by atoms with van der Waals surface area (Å²) in [6.45, 7) is 2.86. The summed E-state index contributed by atoms with van der Waals surface area (Å²) in [6.07, 6.45) is 2.95. The molecular weight excluding hydrogens is 136 g/mol. The van der Waals surface area contributed by atoms with Gasteiger partial charge >= 0.3 is 37.7 Å². The molecule has 0 unspecified atom stereocenters. The second-order valence-corrected chi connectivity index (χ2v) is 1.83. The van der Waals surface area contributed by atoms with E-state index in [1.807, 2.05) is 0 Å². The van der Waals surface area contributed by atoms with Gasteiger partial charge in [-0.3, -0.25) is 0 Å². The van der Waals surface area contributed by atoms with Crippen LogP contribution in [0.4, 0.5) is 0 Å². The molecule has 0 amide bonds. The Morgan fingerprint density at radius 2 is 1.33 bits per heavy atom. The van der Waals surface area contributed by atoms with Crippen LogP contribution in [0.15, 0.2) is 0 Å². The van der Waals surface area contributed by atoms with E-state index in [1.54, 1.807) is 0 Å². The van der Waals surface area contributed by atoms with Gasteiger partial charge in [0.05, 0.1) is 0 Å². The first kappa shape index (κ1) is 18.9. The topological polar surface area (TPSA) is 6.48 Å². The predicted molar refractivity (Wildman–Crippen MR) is 54.4 cm³/mol. The van der Waals surface area contributed by atoms with Crippen molar-refractivity contribution in [1.29, 1.82) is 0 Å². The molecule has 0 saturated carbocycles. The first-order valence-electron chi connectivity index (χ1n) is 3.03. The Morgan fingerprint density at radius 1 is 1.08 bits per heavy atom. The Labute approximate surface area is 103 Å². The first-order chi connectivity index (χ1) is 4.63. The van der Waals surface area contributed by atoms with Gasteiger partial charge in [-0.15, -0.1) is 0 Å². The smallest absolute Gasteiger partial charge is 0.489 e. The minimum Gasteiger partial charge on any atom is -0.489 e. The third-order valence-corrected chi connectivity index (χ3v) is 0.882. The van der Waals surface area contributed by atoms with E-state index in [9.17, 15) is 0 Å². The van der Waals surface area contributed by atoms with E-state index in [1.165, 1.54) is 25.9 Å². The number of hydrogen-bond donors (Lipinski definition) is 0. The Hall–Kier alpha value is 1.24. The average molecular weight is 156 g/mol. The molecule has 12 heavy (non-hydrogen) atoms. The monoisotopic (exact) mass is 156 g/mol. The Kier molecular flexibility index (Phi) is 19.3. The zero-order valence-corrected chi connectivity index (χ0v) is 7.72. The van der Waals surface area contributed by atoms with Gasteiger partial charge in [0.25, 0.3) is 0 Å². The first-order valence-corrected chi connectivity index (χ1v) is 3.03. The van der Waals surface area contributed by atoms with Gasteiger partial charge in [-0.2, -0.15) is 0 Å². The van der Waals surface area contributed by atoms with Gasteiger partial charge in [-0.05, 0) is 25.9 Å². The summed E-state index contributed by atoms with van der Waals surface area (Å²) in [6, 6.07) is 0. The van der Waals surface area contributed by atoms with Crippen LogP contribution in [-0.4, -0.2) is 52.8 Å². The molecule has 6 heteroatoms. The quantitative estimate of drug-likeness (QED) is 0.321. The molecule has 1 aliphatic rings. The molecule has 0 N–H and O–H groups in total. The number of nitrogens with zero attached hydrogens (tertiary/aromatic N) is 2. The fourth-order valence-corrected chi connectivity index (χ4v) is 0.559.